The summed E-state index contributed by atoms with van der Waals surface area (Å²) in [5.41, 5.74) is 0. The van der Waals surface area contributed by atoms with Crippen molar-refractivity contribution in [2.75, 3.05) is 26.8 Å². The van der Waals surface area contributed by atoms with Crippen molar-refractivity contribution in [2.45, 2.75) is 25.8 Å². The van der Waals surface area contributed by atoms with Gasteiger partial charge in [-0.1, -0.05) is 0 Å². The van der Waals surface area contributed by atoms with Gasteiger partial charge in [-0.2, -0.15) is 0 Å². The summed E-state index contributed by atoms with van der Waals surface area (Å²) in [7, 11) is 1.62. The molecule has 5 nitrogen and oxygen atoms in total. The SMILES string of the molecule is COCCNC(=O)CCNC(C)Cc1ccco1. The summed E-state index contributed by atoms with van der Waals surface area (Å²) in [5.74, 6) is 1.00. The molecule has 1 amide bonds. The zero-order valence-corrected chi connectivity index (χ0v) is 11.1. The number of carbonyl (C=O) groups is 1. The maximum Gasteiger partial charge on any atom is 0.221 e. The fraction of sp³-hybridized carbons (Fsp3) is 0.615. The molecule has 1 rings (SSSR count). The minimum absolute atomic E-state index is 0.0461. The first-order valence-electron chi connectivity index (χ1n) is 6.23. The van der Waals surface area contributed by atoms with Gasteiger partial charge in [0.05, 0.1) is 12.9 Å². The second-order valence-corrected chi connectivity index (χ2v) is 4.23. The first-order chi connectivity index (χ1) is 8.72. The van der Waals surface area contributed by atoms with Gasteiger partial charge in [0.2, 0.25) is 5.91 Å². The maximum absolute atomic E-state index is 11.4. The molecule has 0 bridgehead atoms. The van der Waals surface area contributed by atoms with E-state index in [9.17, 15) is 4.79 Å². The number of amides is 1. The molecule has 1 atom stereocenters. The predicted molar refractivity (Wildman–Crippen MR) is 69.4 cm³/mol. The average molecular weight is 254 g/mol. The van der Waals surface area contributed by atoms with Crippen molar-refractivity contribution < 1.29 is 13.9 Å². The minimum atomic E-state index is 0.0461. The van der Waals surface area contributed by atoms with Crippen LogP contribution in [0.4, 0.5) is 0 Å². The molecule has 2 N–H and O–H groups in total. The number of rotatable bonds is 9. The Bertz CT molecular complexity index is 325. The Morgan fingerprint density at radius 1 is 1.50 bits per heavy atom. The van der Waals surface area contributed by atoms with E-state index < -0.39 is 0 Å². The van der Waals surface area contributed by atoms with E-state index in [0.29, 0.717) is 32.2 Å². The molecular weight excluding hydrogens is 232 g/mol. The lowest BCUT2D eigenvalue weighted by atomic mass is 10.2. The molecule has 0 aliphatic carbocycles. The number of methoxy groups -OCH3 is 1. The minimum Gasteiger partial charge on any atom is -0.469 e. The Morgan fingerprint density at radius 2 is 2.33 bits per heavy atom. The molecule has 1 aromatic rings. The highest BCUT2D eigenvalue weighted by atomic mass is 16.5. The molecule has 0 aliphatic heterocycles. The van der Waals surface area contributed by atoms with Crippen LogP contribution in [0.2, 0.25) is 0 Å². The Morgan fingerprint density at radius 3 is 3.00 bits per heavy atom. The van der Waals surface area contributed by atoms with Crippen molar-refractivity contribution in [1.82, 2.24) is 10.6 Å². The van der Waals surface area contributed by atoms with Crippen LogP contribution in [-0.2, 0) is 16.0 Å². The molecule has 0 fully saturated rings. The normalized spacial score (nSPS) is 12.3. The van der Waals surface area contributed by atoms with Crippen LogP contribution in [0, 0.1) is 0 Å². The Labute approximate surface area is 108 Å². The van der Waals surface area contributed by atoms with Crippen LogP contribution < -0.4 is 10.6 Å². The van der Waals surface area contributed by atoms with Crippen LogP contribution in [0.3, 0.4) is 0 Å². The molecule has 1 aromatic heterocycles. The molecule has 0 aromatic carbocycles. The molecule has 0 aliphatic rings. The zero-order chi connectivity index (χ0) is 13.2. The molecule has 1 heterocycles. The highest BCUT2D eigenvalue weighted by Crippen LogP contribution is 2.03. The van der Waals surface area contributed by atoms with Gasteiger partial charge in [-0.3, -0.25) is 4.79 Å². The second-order valence-electron chi connectivity index (χ2n) is 4.23. The van der Waals surface area contributed by atoms with Crippen molar-refractivity contribution in [2.24, 2.45) is 0 Å². The average Bonchev–Trinajstić information content (AvgIpc) is 2.82. The van der Waals surface area contributed by atoms with Gasteiger partial charge in [0, 0.05) is 39.1 Å². The van der Waals surface area contributed by atoms with Crippen molar-refractivity contribution in [3.63, 3.8) is 0 Å². The van der Waals surface area contributed by atoms with E-state index in [-0.39, 0.29) is 5.91 Å². The van der Waals surface area contributed by atoms with Crippen LogP contribution in [0.1, 0.15) is 19.1 Å². The molecule has 0 saturated heterocycles. The molecule has 18 heavy (non-hydrogen) atoms. The Kier molecular flexibility index (Phi) is 7.13. The van der Waals surface area contributed by atoms with Crippen molar-refractivity contribution in [3.8, 4) is 0 Å². The quantitative estimate of drug-likeness (QED) is 0.644. The lowest BCUT2D eigenvalue weighted by Gasteiger charge is -2.12. The first kappa shape index (κ1) is 14.7. The monoisotopic (exact) mass is 254 g/mol. The molecule has 102 valence electrons. The van der Waals surface area contributed by atoms with E-state index in [0.717, 1.165) is 12.2 Å². The van der Waals surface area contributed by atoms with Crippen LogP contribution in [0.5, 0.6) is 0 Å². The molecule has 0 spiro atoms. The van der Waals surface area contributed by atoms with Crippen LogP contribution >= 0.6 is 0 Å². The van der Waals surface area contributed by atoms with Crippen molar-refractivity contribution in [1.29, 1.82) is 0 Å². The van der Waals surface area contributed by atoms with Crippen molar-refractivity contribution >= 4 is 5.91 Å². The third kappa shape index (κ3) is 6.42. The number of hydrogen-bond acceptors (Lipinski definition) is 4. The summed E-state index contributed by atoms with van der Waals surface area (Å²) >= 11 is 0. The number of carbonyl (C=O) groups excluding carboxylic acids is 1. The summed E-state index contributed by atoms with van der Waals surface area (Å²) in [6, 6.07) is 4.13. The molecule has 5 heteroatoms. The van der Waals surface area contributed by atoms with E-state index in [1.54, 1.807) is 13.4 Å². The highest BCUT2D eigenvalue weighted by Gasteiger charge is 2.06. The molecule has 1 unspecified atom stereocenters. The largest absolute Gasteiger partial charge is 0.469 e. The maximum atomic E-state index is 11.4. The topological polar surface area (TPSA) is 63.5 Å². The fourth-order valence-corrected chi connectivity index (χ4v) is 1.62. The molecular formula is C13H22N2O3. The summed E-state index contributed by atoms with van der Waals surface area (Å²) in [6.07, 6.45) is 2.98. The Hall–Kier alpha value is -1.33. The van der Waals surface area contributed by atoms with Gasteiger partial charge in [0.15, 0.2) is 0 Å². The first-order valence-corrected chi connectivity index (χ1v) is 6.23. The Balaban J connectivity index is 2.04. The summed E-state index contributed by atoms with van der Waals surface area (Å²) in [4.78, 5) is 11.4. The summed E-state index contributed by atoms with van der Waals surface area (Å²) in [6.45, 7) is 3.86. The third-order valence-electron chi connectivity index (χ3n) is 2.56. The second kappa shape index (κ2) is 8.72. The highest BCUT2D eigenvalue weighted by molar-refractivity contribution is 5.76. The van der Waals surface area contributed by atoms with Gasteiger partial charge in [-0.05, 0) is 19.1 Å². The van der Waals surface area contributed by atoms with Gasteiger partial charge < -0.3 is 19.8 Å². The standard InChI is InChI=1S/C13H22N2O3/c1-11(10-12-4-3-8-18-12)14-6-5-13(16)15-7-9-17-2/h3-4,8,11,14H,5-7,9-10H2,1-2H3,(H,15,16). The number of ether oxygens (including phenoxy) is 1. The number of hydrogen-bond donors (Lipinski definition) is 2. The van der Waals surface area contributed by atoms with Crippen LogP contribution in [0.25, 0.3) is 0 Å². The van der Waals surface area contributed by atoms with Gasteiger partial charge in [0.1, 0.15) is 5.76 Å². The molecule has 0 saturated carbocycles. The van der Waals surface area contributed by atoms with E-state index in [2.05, 4.69) is 17.6 Å². The predicted octanol–water partition coefficient (Wildman–Crippen LogP) is 0.953. The van der Waals surface area contributed by atoms with E-state index in [1.807, 2.05) is 12.1 Å². The van der Waals surface area contributed by atoms with Gasteiger partial charge >= 0.3 is 0 Å². The van der Waals surface area contributed by atoms with E-state index >= 15 is 0 Å². The summed E-state index contributed by atoms with van der Waals surface area (Å²) < 4.78 is 10.1. The van der Waals surface area contributed by atoms with Crippen LogP contribution in [-0.4, -0.2) is 38.8 Å². The third-order valence-corrected chi connectivity index (χ3v) is 2.56. The van der Waals surface area contributed by atoms with E-state index in [4.69, 9.17) is 9.15 Å². The number of furan rings is 1. The van der Waals surface area contributed by atoms with Gasteiger partial charge in [-0.25, -0.2) is 0 Å². The lowest BCUT2D eigenvalue weighted by Crippen LogP contribution is -2.34. The fourth-order valence-electron chi connectivity index (χ4n) is 1.62. The van der Waals surface area contributed by atoms with Crippen molar-refractivity contribution in [3.05, 3.63) is 24.2 Å². The summed E-state index contributed by atoms with van der Waals surface area (Å²) in [5, 5.41) is 6.07. The smallest absolute Gasteiger partial charge is 0.221 e. The van der Waals surface area contributed by atoms with Gasteiger partial charge in [-0.15, -0.1) is 0 Å². The van der Waals surface area contributed by atoms with Gasteiger partial charge in [0.25, 0.3) is 0 Å². The number of nitrogens with one attached hydrogen (secondary N) is 2. The lowest BCUT2D eigenvalue weighted by molar-refractivity contribution is -0.121. The van der Waals surface area contributed by atoms with E-state index in [1.165, 1.54) is 0 Å². The zero-order valence-electron chi connectivity index (χ0n) is 11.1. The molecule has 0 radical (unpaired) electrons. The van der Waals surface area contributed by atoms with Crippen LogP contribution in [0.15, 0.2) is 22.8 Å².